The molecule has 1 heterocycles. The molecule has 1 fully saturated rings. The van der Waals surface area contributed by atoms with E-state index in [-0.39, 0.29) is 23.2 Å². The number of nitrogens with zero attached hydrogens (tertiary/aromatic N) is 1. The quantitative estimate of drug-likeness (QED) is 0.678. The number of esters is 1. The van der Waals surface area contributed by atoms with Crippen molar-refractivity contribution >= 4 is 17.6 Å². The molecule has 0 aromatic heterocycles. The van der Waals surface area contributed by atoms with Gasteiger partial charge in [0.1, 0.15) is 5.82 Å². The number of benzene rings is 2. The van der Waals surface area contributed by atoms with E-state index in [1.54, 1.807) is 18.2 Å². The number of hydrogen-bond acceptors (Lipinski definition) is 6. The van der Waals surface area contributed by atoms with Gasteiger partial charge in [0.05, 0.1) is 38.5 Å². The molecule has 7 nitrogen and oxygen atoms in total. The van der Waals surface area contributed by atoms with Crippen LogP contribution in [0.5, 0.6) is 11.5 Å². The first kappa shape index (κ1) is 22.6. The first-order valence-corrected chi connectivity index (χ1v) is 10.1. The van der Waals surface area contributed by atoms with Crippen LogP contribution in [-0.2, 0) is 16.1 Å². The Kier molecular flexibility index (Phi) is 7.46. The Morgan fingerprint density at radius 2 is 1.77 bits per heavy atom. The largest absolute Gasteiger partial charge is 0.493 e. The number of likely N-dealkylation sites (tertiary alicyclic amines) is 1. The van der Waals surface area contributed by atoms with Gasteiger partial charge in [-0.2, -0.15) is 0 Å². The summed E-state index contributed by atoms with van der Waals surface area (Å²) in [6, 6.07) is 9.43. The number of rotatable bonds is 7. The van der Waals surface area contributed by atoms with Gasteiger partial charge in [0.2, 0.25) is 5.91 Å². The number of halogens is 1. The van der Waals surface area contributed by atoms with Crippen LogP contribution in [0.4, 0.5) is 10.1 Å². The molecule has 0 radical (unpaired) electrons. The van der Waals surface area contributed by atoms with E-state index in [1.165, 1.54) is 39.5 Å². The molecular weight excluding hydrogens is 403 g/mol. The molecule has 0 saturated carbocycles. The molecule has 1 aliphatic rings. The summed E-state index contributed by atoms with van der Waals surface area (Å²) in [6.45, 7) is 2.09. The number of carbonyl (C=O) groups is 2. The Hall–Kier alpha value is -3.13. The van der Waals surface area contributed by atoms with Gasteiger partial charge < -0.3 is 19.5 Å². The van der Waals surface area contributed by atoms with E-state index in [0.717, 1.165) is 24.9 Å². The van der Waals surface area contributed by atoms with Crippen molar-refractivity contribution in [2.24, 2.45) is 5.92 Å². The van der Waals surface area contributed by atoms with E-state index < -0.39 is 5.97 Å². The molecule has 1 amide bonds. The van der Waals surface area contributed by atoms with Crippen molar-refractivity contribution in [2.45, 2.75) is 19.4 Å². The molecule has 166 valence electrons. The summed E-state index contributed by atoms with van der Waals surface area (Å²) in [6.07, 6.45) is 1.61. The molecule has 0 aliphatic carbocycles. The molecule has 3 rings (SSSR count). The Morgan fingerprint density at radius 1 is 1.10 bits per heavy atom. The lowest BCUT2D eigenvalue weighted by molar-refractivity contribution is -0.121. The standard InChI is InChI=1S/C23H27FN2O5/c1-29-20-11-18(23(28)31-3)19(12-21(20)30-2)25-22(27)16-5-4-10-26(14-16)13-15-6-8-17(24)9-7-15/h6-9,11-12,16H,4-5,10,13-14H2,1-3H3,(H,25,27). The van der Waals surface area contributed by atoms with Gasteiger partial charge in [-0.1, -0.05) is 12.1 Å². The summed E-state index contributed by atoms with van der Waals surface area (Å²) in [5.74, 6) is -0.515. The average Bonchev–Trinajstić information content (AvgIpc) is 2.79. The Morgan fingerprint density at radius 3 is 2.42 bits per heavy atom. The molecule has 0 bridgehead atoms. The van der Waals surface area contributed by atoms with E-state index in [0.29, 0.717) is 30.3 Å². The molecular formula is C23H27FN2O5. The van der Waals surface area contributed by atoms with Crippen LogP contribution in [0.15, 0.2) is 36.4 Å². The number of methoxy groups -OCH3 is 3. The zero-order valence-corrected chi connectivity index (χ0v) is 17.9. The van der Waals surface area contributed by atoms with Crippen molar-refractivity contribution in [3.63, 3.8) is 0 Å². The van der Waals surface area contributed by atoms with Gasteiger partial charge in [0, 0.05) is 25.2 Å². The summed E-state index contributed by atoms with van der Waals surface area (Å²) in [5, 5.41) is 2.86. The minimum absolute atomic E-state index is 0.179. The minimum Gasteiger partial charge on any atom is -0.493 e. The van der Waals surface area contributed by atoms with Crippen LogP contribution in [0.25, 0.3) is 0 Å². The van der Waals surface area contributed by atoms with Gasteiger partial charge >= 0.3 is 5.97 Å². The van der Waals surface area contributed by atoms with Gasteiger partial charge in [0.25, 0.3) is 0 Å². The molecule has 31 heavy (non-hydrogen) atoms. The lowest BCUT2D eigenvalue weighted by Crippen LogP contribution is -2.40. The maximum atomic E-state index is 13.1. The lowest BCUT2D eigenvalue weighted by atomic mass is 9.96. The molecule has 8 heteroatoms. The maximum Gasteiger partial charge on any atom is 0.340 e. The van der Waals surface area contributed by atoms with Crippen LogP contribution in [0, 0.1) is 11.7 Å². The van der Waals surface area contributed by atoms with E-state index in [9.17, 15) is 14.0 Å². The number of amides is 1. The minimum atomic E-state index is -0.585. The van der Waals surface area contributed by atoms with Crippen molar-refractivity contribution in [1.82, 2.24) is 4.90 Å². The third kappa shape index (κ3) is 5.52. The smallest absolute Gasteiger partial charge is 0.340 e. The Labute approximate surface area is 181 Å². The third-order valence-corrected chi connectivity index (χ3v) is 5.38. The first-order chi connectivity index (χ1) is 14.9. The van der Waals surface area contributed by atoms with E-state index in [2.05, 4.69) is 10.2 Å². The van der Waals surface area contributed by atoms with Crippen molar-refractivity contribution in [2.75, 3.05) is 39.7 Å². The van der Waals surface area contributed by atoms with Gasteiger partial charge in [-0.15, -0.1) is 0 Å². The highest BCUT2D eigenvalue weighted by molar-refractivity contribution is 6.02. The van der Waals surface area contributed by atoms with Gasteiger partial charge in [0.15, 0.2) is 11.5 Å². The first-order valence-electron chi connectivity index (χ1n) is 10.1. The van der Waals surface area contributed by atoms with Crippen LogP contribution >= 0.6 is 0 Å². The van der Waals surface area contributed by atoms with Crippen molar-refractivity contribution in [3.8, 4) is 11.5 Å². The number of carbonyl (C=O) groups excluding carboxylic acids is 2. The van der Waals surface area contributed by atoms with Crippen LogP contribution in [-0.4, -0.2) is 51.2 Å². The molecule has 1 saturated heterocycles. The highest BCUT2D eigenvalue weighted by Crippen LogP contribution is 2.34. The summed E-state index contributed by atoms with van der Waals surface area (Å²) in [7, 11) is 4.23. The SMILES string of the molecule is COC(=O)c1cc(OC)c(OC)cc1NC(=O)C1CCCN(Cc2ccc(F)cc2)C1. The summed E-state index contributed by atoms with van der Waals surface area (Å²) >= 11 is 0. The zero-order chi connectivity index (χ0) is 22.4. The number of hydrogen-bond donors (Lipinski definition) is 1. The predicted molar refractivity (Wildman–Crippen MR) is 114 cm³/mol. The predicted octanol–water partition coefficient (Wildman–Crippen LogP) is 3.48. The summed E-state index contributed by atoms with van der Waals surface area (Å²) in [4.78, 5) is 27.4. The van der Waals surface area contributed by atoms with E-state index in [1.807, 2.05) is 0 Å². The van der Waals surface area contributed by atoms with Crippen molar-refractivity contribution < 1.29 is 28.2 Å². The Balaban J connectivity index is 1.74. The summed E-state index contributed by atoms with van der Waals surface area (Å²) < 4.78 is 28.5. The molecule has 1 aliphatic heterocycles. The van der Waals surface area contributed by atoms with Crippen molar-refractivity contribution in [1.29, 1.82) is 0 Å². The second kappa shape index (κ2) is 10.3. The number of piperidine rings is 1. The summed E-state index contributed by atoms with van der Waals surface area (Å²) in [5.41, 5.74) is 1.49. The van der Waals surface area contributed by atoms with Gasteiger partial charge in [-0.25, -0.2) is 9.18 Å². The van der Waals surface area contributed by atoms with Crippen LogP contribution in [0.3, 0.4) is 0 Å². The molecule has 2 aromatic carbocycles. The fraction of sp³-hybridized carbons (Fsp3) is 0.391. The normalized spacial score (nSPS) is 16.5. The van der Waals surface area contributed by atoms with Gasteiger partial charge in [-0.05, 0) is 37.1 Å². The van der Waals surface area contributed by atoms with E-state index in [4.69, 9.17) is 14.2 Å². The molecule has 1 N–H and O–H groups in total. The number of anilines is 1. The highest BCUT2D eigenvalue weighted by atomic mass is 19.1. The maximum absolute atomic E-state index is 13.1. The van der Waals surface area contributed by atoms with Crippen LogP contribution < -0.4 is 14.8 Å². The number of ether oxygens (including phenoxy) is 3. The fourth-order valence-corrected chi connectivity index (χ4v) is 3.76. The topological polar surface area (TPSA) is 77.1 Å². The Bertz CT molecular complexity index is 932. The van der Waals surface area contributed by atoms with Gasteiger partial charge in [-0.3, -0.25) is 9.69 Å². The van der Waals surface area contributed by atoms with Crippen LogP contribution in [0.2, 0.25) is 0 Å². The monoisotopic (exact) mass is 430 g/mol. The second-order valence-electron chi connectivity index (χ2n) is 7.43. The molecule has 0 spiro atoms. The number of nitrogens with one attached hydrogen (secondary N) is 1. The third-order valence-electron chi connectivity index (χ3n) is 5.38. The zero-order valence-electron chi connectivity index (χ0n) is 17.9. The van der Waals surface area contributed by atoms with E-state index >= 15 is 0 Å². The fourth-order valence-electron chi connectivity index (χ4n) is 3.76. The second-order valence-corrected chi connectivity index (χ2v) is 7.43. The van der Waals surface area contributed by atoms with Crippen molar-refractivity contribution in [3.05, 3.63) is 53.3 Å². The average molecular weight is 430 g/mol. The molecule has 2 aromatic rings. The molecule has 1 atom stereocenters. The van der Waals surface area contributed by atoms with Crippen LogP contribution in [0.1, 0.15) is 28.8 Å². The molecule has 1 unspecified atom stereocenters. The lowest BCUT2D eigenvalue weighted by Gasteiger charge is -2.32. The highest BCUT2D eigenvalue weighted by Gasteiger charge is 2.27.